The molecule has 6 heteroatoms. The van der Waals surface area contributed by atoms with E-state index in [1.807, 2.05) is 0 Å². The van der Waals surface area contributed by atoms with Crippen LogP contribution in [0.25, 0.3) is 0 Å². The number of ether oxygens (including phenoxy) is 2. The molecule has 0 atom stereocenters. The Hall–Kier alpha value is -0.100. The number of carbonyl (C=O) groups is 2. The fraction of sp³-hybridized carbons (Fsp3) is 0.800. The van der Waals surface area contributed by atoms with Crippen molar-refractivity contribution in [1.82, 2.24) is 0 Å². The molecule has 94 valence electrons. The molecule has 0 saturated heterocycles. The van der Waals surface area contributed by atoms with Gasteiger partial charge in [0.1, 0.15) is 21.9 Å². The van der Waals surface area contributed by atoms with E-state index >= 15 is 0 Å². The van der Waals surface area contributed by atoms with E-state index in [0.717, 1.165) is 0 Å². The van der Waals surface area contributed by atoms with Crippen LogP contribution in [-0.4, -0.2) is 33.8 Å². The van der Waals surface area contributed by atoms with Gasteiger partial charge in [-0.05, 0) is 27.7 Å². The molecule has 0 heterocycles. The molecule has 0 unspecified atom stereocenters. The number of esters is 2. The van der Waals surface area contributed by atoms with Gasteiger partial charge in [0.05, 0.1) is 0 Å². The van der Waals surface area contributed by atoms with E-state index in [-0.39, 0.29) is 25.2 Å². The second-order valence-electron chi connectivity index (χ2n) is 4.22. The number of halogens is 2. The first-order chi connectivity index (χ1) is 7.05. The van der Waals surface area contributed by atoms with Gasteiger partial charge in [0.15, 0.2) is 0 Å². The second-order valence-corrected chi connectivity index (χ2v) is 8.18. The predicted octanol–water partition coefficient (Wildman–Crippen LogP) is 2.42. The van der Waals surface area contributed by atoms with Gasteiger partial charge in [-0.15, -0.1) is 0 Å². The minimum Gasteiger partial charge on any atom is -0.461 e. The second kappa shape index (κ2) is 6.00. The molecule has 0 aromatic rings. The summed E-state index contributed by atoms with van der Waals surface area (Å²) in [6.45, 7) is 6.85. The Labute approximate surface area is 112 Å². The Kier molecular flexibility index (Phi) is 5.96. The van der Waals surface area contributed by atoms with E-state index < -0.39 is 8.65 Å². The predicted molar refractivity (Wildman–Crippen MR) is 67.9 cm³/mol. The first-order valence-corrected chi connectivity index (χ1v) is 6.36. The van der Waals surface area contributed by atoms with E-state index in [1.165, 1.54) is 0 Å². The van der Waals surface area contributed by atoms with Gasteiger partial charge in [0, 0.05) is 0 Å². The number of hydrogen-bond acceptors (Lipinski definition) is 4. The zero-order valence-electron chi connectivity index (χ0n) is 9.80. The Balaban J connectivity index is 3.79. The first kappa shape index (κ1) is 15.9. The van der Waals surface area contributed by atoms with E-state index in [1.54, 1.807) is 27.7 Å². The minimum absolute atomic E-state index is 0.0582. The molecule has 0 spiro atoms. The van der Waals surface area contributed by atoms with Crippen molar-refractivity contribution < 1.29 is 19.1 Å². The molecule has 0 amide bonds. The lowest BCUT2D eigenvalue weighted by molar-refractivity contribution is -0.154. The Bertz CT molecular complexity index is 235. The normalized spacial score (nSPS) is 12.1. The van der Waals surface area contributed by atoms with Crippen LogP contribution in [0.1, 0.15) is 27.7 Å². The smallest absolute Gasteiger partial charge is 0.322 e. The summed E-state index contributed by atoms with van der Waals surface area (Å²) < 4.78 is 8.35. The fourth-order valence-corrected chi connectivity index (χ4v) is 0.841. The summed E-state index contributed by atoms with van der Waals surface area (Å²) in [5.41, 5.74) is 0. The highest BCUT2D eigenvalue weighted by molar-refractivity contribution is 9.10. The Morgan fingerprint density at radius 3 is 1.31 bits per heavy atom. The molecule has 0 aromatic carbocycles. The molecule has 0 radical (unpaired) electrons. The maximum absolute atomic E-state index is 11.3. The molecular weight excluding hydrogens is 344 g/mol. The summed E-state index contributed by atoms with van der Waals surface area (Å²) in [7, 11) is 0. The highest BCUT2D eigenvalue weighted by Crippen LogP contribution is 2.18. The van der Waals surface area contributed by atoms with E-state index in [2.05, 4.69) is 31.9 Å². The van der Waals surface area contributed by atoms with E-state index in [0.29, 0.717) is 0 Å². The van der Waals surface area contributed by atoms with Crippen LogP contribution in [0, 0.1) is 0 Å². The van der Waals surface area contributed by atoms with Crippen LogP contribution in [0.5, 0.6) is 0 Å². The molecule has 0 bridgehead atoms. The number of alkyl halides is 2. The third-order valence-electron chi connectivity index (χ3n) is 1.52. The first-order valence-electron chi connectivity index (χ1n) is 4.77. The summed E-state index contributed by atoms with van der Waals surface area (Å²) >= 11 is 6.33. The van der Waals surface area contributed by atoms with Crippen LogP contribution in [0.15, 0.2) is 0 Å². The number of hydrogen-bond donors (Lipinski definition) is 0. The lowest BCUT2D eigenvalue weighted by atomic mass is 10.2. The zero-order valence-corrected chi connectivity index (χ0v) is 13.0. The van der Waals surface area contributed by atoms with Gasteiger partial charge in [-0.25, -0.2) is 0 Å². The van der Waals surface area contributed by atoms with Crippen molar-refractivity contribution in [2.24, 2.45) is 0 Å². The summed E-state index contributed by atoms with van der Waals surface area (Å²) in [6, 6.07) is 0. The van der Waals surface area contributed by atoms with Gasteiger partial charge in [-0.1, -0.05) is 31.9 Å². The SMILES string of the molecule is CC(C)(Br)C(=O)OCCOC(=O)C(C)(C)Br. The van der Waals surface area contributed by atoms with Gasteiger partial charge in [0.25, 0.3) is 0 Å². The minimum atomic E-state index is -0.717. The molecule has 0 aromatic heterocycles. The molecule has 0 N–H and O–H groups in total. The van der Waals surface area contributed by atoms with Crippen molar-refractivity contribution in [3.05, 3.63) is 0 Å². The molecule has 16 heavy (non-hydrogen) atoms. The van der Waals surface area contributed by atoms with Gasteiger partial charge in [-0.2, -0.15) is 0 Å². The standard InChI is InChI=1S/C10H16Br2O4/c1-9(2,11)7(13)15-5-6-16-8(14)10(3,4)12/h5-6H2,1-4H3. The van der Waals surface area contributed by atoms with Crippen molar-refractivity contribution in [1.29, 1.82) is 0 Å². The highest BCUT2D eigenvalue weighted by Gasteiger charge is 2.27. The molecule has 0 aliphatic carbocycles. The third-order valence-corrected chi connectivity index (χ3v) is 2.17. The van der Waals surface area contributed by atoms with Gasteiger partial charge >= 0.3 is 11.9 Å². The zero-order chi connectivity index (χ0) is 13.0. The van der Waals surface area contributed by atoms with Crippen LogP contribution in [0.4, 0.5) is 0 Å². The molecule has 0 aliphatic heterocycles. The van der Waals surface area contributed by atoms with Crippen LogP contribution in [0.2, 0.25) is 0 Å². The molecule has 0 rings (SSSR count). The van der Waals surface area contributed by atoms with Crippen LogP contribution >= 0.6 is 31.9 Å². The molecule has 0 saturated carbocycles. The average molecular weight is 360 g/mol. The Morgan fingerprint density at radius 2 is 1.12 bits per heavy atom. The maximum atomic E-state index is 11.3. The van der Waals surface area contributed by atoms with Crippen molar-refractivity contribution in [3.63, 3.8) is 0 Å². The highest BCUT2D eigenvalue weighted by atomic mass is 79.9. The van der Waals surface area contributed by atoms with E-state index in [4.69, 9.17) is 9.47 Å². The van der Waals surface area contributed by atoms with Crippen molar-refractivity contribution >= 4 is 43.8 Å². The molecular formula is C10H16Br2O4. The van der Waals surface area contributed by atoms with Crippen molar-refractivity contribution in [2.75, 3.05) is 13.2 Å². The summed E-state index contributed by atoms with van der Waals surface area (Å²) in [6.07, 6.45) is 0. The van der Waals surface area contributed by atoms with Crippen LogP contribution < -0.4 is 0 Å². The number of carbonyl (C=O) groups excluding carboxylic acids is 2. The van der Waals surface area contributed by atoms with Gasteiger partial charge < -0.3 is 9.47 Å². The van der Waals surface area contributed by atoms with Crippen molar-refractivity contribution in [3.8, 4) is 0 Å². The molecule has 0 fully saturated rings. The van der Waals surface area contributed by atoms with Crippen LogP contribution in [0.3, 0.4) is 0 Å². The van der Waals surface area contributed by atoms with E-state index in [9.17, 15) is 9.59 Å². The lowest BCUT2D eigenvalue weighted by Gasteiger charge is -2.17. The maximum Gasteiger partial charge on any atom is 0.322 e. The summed E-state index contributed by atoms with van der Waals surface area (Å²) in [4.78, 5) is 22.6. The van der Waals surface area contributed by atoms with Crippen molar-refractivity contribution in [2.45, 2.75) is 36.3 Å². The Morgan fingerprint density at radius 1 is 0.875 bits per heavy atom. The third kappa shape index (κ3) is 6.48. The summed E-state index contributed by atoms with van der Waals surface area (Å²) in [5, 5.41) is 0. The van der Waals surface area contributed by atoms with Gasteiger partial charge in [0.2, 0.25) is 0 Å². The average Bonchev–Trinajstić information content (AvgIpc) is 2.08. The van der Waals surface area contributed by atoms with Gasteiger partial charge in [-0.3, -0.25) is 9.59 Å². The van der Waals surface area contributed by atoms with Crippen LogP contribution in [-0.2, 0) is 19.1 Å². The lowest BCUT2D eigenvalue weighted by Crippen LogP contribution is -2.30. The molecule has 4 nitrogen and oxygen atoms in total. The quantitative estimate of drug-likeness (QED) is 0.429. The monoisotopic (exact) mass is 358 g/mol. The fourth-order valence-electron chi connectivity index (χ4n) is 0.612. The molecule has 0 aliphatic rings. The number of rotatable bonds is 5. The summed E-state index contributed by atoms with van der Waals surface area (Å²) in [5.74, 6) is -0.775. The topological polar surface area (TPSA) is 52.6 Å². The largest absolute Gasteiger partial charge is 0.461 e.